The smallest absolute Gasteiger partial charge is 0.337 e. The molecular formula is C14H18N2O2. The Morgan fingerprint density at radius 2 is 2.17 bits per heavy atom. The molecule has 0 bridgehead atoms. The van der Waals surface area contributed by atoms with E-state index in [4.69, 9.17) is 4.74 Å². The Kier molecular flexibility index (Phi) is 3.36. The van der Waals surface area contributed by atoms with Gasteiger partial charge in [-0.05, 0) is 31.0 Å². The molecule has 0 N–H and O–H groups in total. The molecule has 0 fully saturated rings. The third-order valence-corrected chi connectivity index (χ3v) is 2.89. The zero-order valence-corrected chi connectivity index (χ0v) is 11.2. The molecule has 0 radical (unpaired) electrons. The van der Waals surface area contributed by atoms with Gasteiger partial charge in [0.2, 0.25) is 0 Å². The van der Waals surface area contributed by atoms with Crippen molar-refractivity contribution in [2.75, 3.05) is 7.11 Å². The van der Waals surface area contributed by atoms with E-state index >= 15 is 0 Å². The van der Waals surface area contributed by atoms with Gasteiger partial charge in [-0.25, -0.2) is 4.79 Å². The molecule has 4 heteroatoms. The van der Waals surface area contributed by atoms with Crippen LogP contribution in [0.4, 0.5) is 0 Å². The van der Waals surface area contributed by atoms with Crippen LogP contribution in [-0.4, -0.2) is 22.9 Å². The van der Waals surface area contributed by atoms with Gasteiger partial charge in [-0.2, -0.15) is 5.10 Å². The fourth-order valence-electron chi connectivity index (χ4n) is 2.07. The zero-order valence-electron chi connectivity index (χ0n) is 11.2. The lowest BCUT2D eigenvalue weighted by molar-refractivity contribution is 0.0601. The Hall–Kier alpha value is -1.84. The van der Waals surface area contributed by atoms with Gasteiger partial charge >= 0.3 is 5.97 Å². The van der Waals surface area contributed by atoms with Crippen molar-refractivity contribution in [2.24, 2.45) is 5.92 Å². The number of esters is 1. The number of nitrogens with zero attached hydrogens (tertiary/aromatic N) is 2. The lowest BCUT2D eigenvalue weighted by atomic mass is 10.1. The van der Waals surface area contributed by atoms with Gasteiger partial charge in [-0.3, -0.25) is 4.68 Å². The normalized spacial score (nSPS) is 11.2. The maximum atomic E-state index is 11.5. The molecule has 0 aliphatic heterocycles. The van der Waals surface area contributed by atoms with Gasteiger partial charge in [0.05, 0.1) is 23.9 Å². The number of benzene rings is 1. The molecule has 0 saturated carbocycles. The van der Waals surface area contributed by atoms with Gasteiger partial charge in [0.25, 0.3) is 0 Å². The summed E-state index contributed by atoms with van der Waals surface area (Å²) in [5, 5.41) is 5.53. The van der Waals surface area contributed by atoms with E-state index in [0.29, 0.717) is 11.5 Å². The highest BCUT2D eigenvalue weighted by molar-refractivity contribution is 5.95. The standard InChI is InChI=1S/C14H18N2O2/c1-9(2)8-16-13-6-5-11(14(17)18-4)7-12(13)10(3)15-16/h5-7,9H,8H2,1-4H3. The Morgan fingerprint density at radius 3 is 2.78 bits per heavy atom. The molecular weight excluding hydrogens is 228 g/mol. The topological polar surface area (TPSA) is 44.1 Å². The van der Waals surface area contributed by atoms with Crippen LogP contribution in [0, 0.1) is 12.8 Å². The number of methoxy groups -OCH3 is 1. The predicted octanol–water partition coefficient (Wildman–Crippen LogP) is 2.79. The molecule has 2 rings (SSSR count). The Bertz CT molecular complexity index is 585. The lowest BCUT2D eigenvalue weighted by Gasteiger charge is -2.06. The second kappa shape index (κ2) is 4.80. The third-order valence-electron chi connectivity index (χ3n) is 2.89. The van der Waals surface area contributed by atoms with Gasteiger partial charge in [-0.15, -0.1) is 0 Å². The number of fused-ring (bicyclic) bond motifs is 1. The molecule has 1 aromatic carbocycles. The lowest BCUT2D eigenvalue weighted by Crippen LogP contribution is -2.06. The minimum Gasteiger partial charge on any atom is -0.465 e. The van der Waals surface area contributed by atoms with Gasteiger partial charge < -0.3 is 4.74 Å². The number of hydrogen-bond donors (Lipinski definition) is 0. The number of carbonyl (C=O) groups is 1. The largest absolute Gasteiger partial charge is 0.465 e. The number of hydrogen-bond acceptors (Lipinski definition) is 3. The second-order valence-corrected chi connectivity index (χ2v) is 4.88. The van der Waals surface area contributed by atoms with Crippen molar-refractivity contribution in [1.82, 2.24) is 9.78 Å². The summed E-state index contributed by atoms with van der Waals surface area (Å²) in [6.07, 6.45) is 0. The maximum absolute atomic E-state index is 11.5. The van der Waals surface area contributed by atoms with Crippen LogP contribution >= 0.6 is 0 Å². The first-order chi connectivity index (χ1) is 8.52. The predicted molar refractivity (Wildman–Crippen MR) is 70.6 cm³/mol. The Balaban J connectivity index is 2.51. The quantitative estimate of drug-likeness (QED) is 0.782. The van der Waals surface area contributed by atoms with Crippen molar-refractivity contribution >= 4 is 16.9 Å². The fraction of sp³-hybridized carbons (Fsp3) is 0.429. The van der Waals surface area contributed by atoms with E-state index in [2.05, 4.69) is 18.9 Å². The molecule has 18 heavy (non-hydrogen) atoms. The summed E-state index contributed by atoms with van der Waals surface area (Å²) in [6, 6.07) is 5.57. The molecule has 0 aliphatic carbocycles. The molecule has 4 nitrogen and oxygen atoms in total. The van der Waals surface area contributed by atoms with E-state index in [1.165, 1.54) is 7.11 Å². The number of aryl methyl sites for hydroxylation is 1. The minimum absolute atomic E-state index is 0.312. The Morgan fingerprint density at radius 1 is 1.44 bits per heavy atom. The highest BCUT2D eigenvalue weighted by Crippen LogP contribution is 2.21. The van der Waals surface area contributed by atoms with Crippen molar-refractivity contribution in [3.05, 3.63) is 29.5 Å². The van der Waals surface area contributed by atoms with Gasteiger partial charge in [-0.1, -0.05) is 13.8 Å². The summed E-state index contributed by atoms with van der Waals surface area (Å²) in [6.45, 7) is 7.15. The minimum atomic E-state index is -0.312. The molecule has 1 aromatic heterocycles. The molecule has 0 saturated heterocycles. The number of rotatable bonds is 3. The summed E-state index contributed by atoms with van der Waals surface area (Å²) in [4.78, 5) is 11.5. The fourth-order valence-corrected chi connectivity index (χ4v) is 2.07. The van der Waals surface area contributed by atoms with Gasteiger partial charge in [0.15, 0.2) is 0 Å². The summed E-state index contributed by atoms with van der Waals surface area (Å²) in [5.41, 5.74) is 2.57. The van der Waals surface area contributed by atoms with Crippen molar-refractivity contribution < 1.29 is 9.53 Å². The average Bonchev–Trinajstić information content (AvgIpc) is 2.64. The van der Waals surface area contributed by atoms with Crippen LogP contribution in [0.5, 0.6) is 0 Å². The SMILES string of the molecule is COC(=O)c1ccc2c(c1)c(C)nn2CC(C)C. The summed E-state index contributed by atoms with van der Waals surface area (Å²) in [5.74, 6) is 0.223. The molecule has 0 atom stereocenters. The van der Waals surface area contributed by atoms with Crippen LogP contribution in [0.25, 0.3) is 10.9 Å². The van der Waals surface area contributed by atoms with Crippen LogP contribution < -0.4 is 0 Å². The van der Waals surface area contributed by atoms with Crippen molar-refractivity contribution in [3.8, 4) is 0 Å². The average molecular weight is 246 g/mol. The highest BCUT2D eigenvalue weighted by Gasteiger charge is 2.12. The van der Waals surface area contributed by atoms with Crippen molar-refractivity contribution in [2.45, 2.75) is 27.3 Å². The molecule has 0 unspecified atom stereocenters. The zero-order chi connectivity index (χ0) is 13.3. The molecule has 0 spiro atoms. The molecule has 0 aliphatic rings. The summed E-state index contributed by atoms with van der Waals surface area (Å²) >= 11 is 0. The van der Waals surface area contributed by atoms with E-state index in [-0.39, 0.29) is 5.97 Å². The Labute approximate surface area is 107 Å². The van der Waals surface area contributed by atoms with Crippen LogP contribution in [0.15, 0.2) is 18.2 Å². The number of carbonyl (C=O) groups excluding carboxylic acids is 1. The van der Waals surface area contributed by atoms with Crippen molar-refractivity contribution in [1.29, 1.82) is 0 Å². The van der Waals surface area contributed by atoms with E-state index < -0.39 is 0 Å². The molecule has 96 valence electrons. The number of ether oxygens (including phenoxy) is 1. The highest BCUT2D eigenvalue weighted by atomic mass is 16.5. The van der Waals surface area contributed by atoms with Crippen LogP contribution in [0.2, 0.25) is 0 Å². The monoisotopic (exact) mass is 246 g/mol. The van der Waals surface area contributed by atoms with Crippen LogP contribution in [0.3, 0.4) is 0 Å². The van der Waals surface area contributed by atoms with Gasteiger partial charge in [0, 0.05) is 11.9 Å². The summed E-state index contributed by atoms with van der Waals surface area (Å²) < 4.78 is 6.73. The van der Waals surface area contributed by atoms with Crippen LogP contribution in [-0.2, 0) is 11.3 Å². The number of aromatic nitrogens is 2. The van der Waals surface area contributed by atoms with E-state index in [1.54, 1.807) is 6.07 Å². The van der Waals surface area contributed by atoms with Gasteiger partial charge in [0.1, 0.15) is 0 Å². The van der Waals surface area contributed by atoms with Crippen LogP contribution in [0.1, 0.15) is 29.9 Å². The maximum Gasteiger partial charge on any atom is 0.337 e. The second-order valence-electron chi connectivity index (χ2n) is 4.88. The van der Waals surface area contributed by atoms with E-state index in [1.807, 2.05) is 23.7 Å². The molecule has 0 amide bonds. The van der Waals surface area contributed by atoms with E-state index in [0.717, 1.165) is 23.1 Å². The van der Waals surface area contributed by atoms with Crippen molar-refractivity contribution in [3.63, 3.8) is 0 Å². The summed E-state index contributed by atoms with van der Waals surface area (Å²) in [7, 11) is 1.39. The first kappa shape index (κ1) is 12.6. The molecule has 2 aromatic rings. The molecule has 1 heterocycles. The van der Waals surface area contributed by atoms with E-state index in [9.17, 15) is 4.79 Å². The third kappa shape index (κ3) is 2.23. The first-order valence-electron chi connectivity index (χ1n) is 6.08. The first-order valence-corrected chi connectivity index (χ1v) is 6.08.